The first kappa shape index (κ1) is 12.7. The number of amides is 1. The summed E-state index contributed by atoms with van der Waals surface area (Å²) in [4.78, 5) is 11.9. The Labute approximate surface area is 106 Å². The van der Waals surface area contributed by atoms with Gasteiger partial charge in [-0.15, -0.1) is 0 Å². The number of aryl methyl sites for hydroxylation is 1. The van der Waals surface area contributed by atoms with Gasteiger partial charge in [0.25, 0.3) is 0 Å². The first-order chi connectivity index (χ1) is 8.58. The van der Waals surface area contributed by atoms with E-state index in [0.29, 0.717) is 11.5 Å². The fourth-order valence-corrected chi connectivity index (χ4v) is 2.38. The lowest BCUT2D eigenvalue weighted by Gasteiger charge is -2.19. The van der Waals surface area contributed by atoms with Gasteiger partial charge in [0.05, 0.1) is 19.6 Å². The molecule has 0 aliphatic heterocycles. The van der Waals surface area contributed by atoms with Crippen LogP contribution < -0.4 is 20.7 Å². The minimum absolute atomic E-state index is 0.141. The fraction of sp³-hybridized carbons (Fsp3) is 0.462. The number of rotatable bonds is 4. The highest BCUT2D eigenvalue weighted by Crippen LogP contribution is 2.51. The molecule has 0 radical (unpaired) electrons. The minimum atomic E-state index is -0.488. The van der Waals surface area contributed by atoms with Gasteiger partial charge >= 0.3 is 0 Å². The van der Waals surface area contributed by atoms with E-state index in [0.717, 1.165) is 24.0 Å². The highest BCUT2D eigenvalue weighted by molar-refractivity contribution is 5.91. The Kier molecular flexibility index (Phi) is 3.17. The molecule has 2 rings (SSSR count). The predicted octanol–water partition coefficient (Wildman–Crippen LogP) is 1.03. The van der Waals surface area contributed by atoms with Gasteiger partial charge in [-0.2, -0.15) is 0 Å². The molecular formula is C13H18N2O3. The third-order valence-electron chi connectivity index (χ3n) is 3.56. The average Bonchev–Trinajstić information content (AvgIpc) is 3.18. The van der Waals surface area contributed by atoms with Gasteiger partial charge in [0, 0.05) is 0 Å². The molecule has 0 unspecified atom stereocenters. The summed E-state index contributed by atoms with van der Waals surface area (Å²) >= 11 is 0. The number of carbonyl (C=O) groups is 1. The first-order valence-corrected chi connectivity index (χ1v) is 5.83. The number of ether oxygens (including phenoxy) is 2. The van der Waals surface area contributed by atoms with Crippen LogP contribution in [0.2, 0.25) is 0 Å². The first-order valence-electron chi connectivity index (χ1n) is 5.83. The van der Waals surface area contributed by atoms with Gasteiger partial charge in [0.2, 0.25) is 5.91 Å². The summed E-state index contributed by atoms with van der Waals surface area (Å²) in [5.41, 5.74) is 3.73. The van der Waals surface area contributed by atoms with Crippen LogP contribution in [-0.2, 0) is 10.2 Å². The van der Waals surface area contributed by atoms with E-state index >= 15 is 0 Å². The zero-order valence-electron chi connectivity index (χ0n) is 10.9. The quantitative estimate of drug-likeness (QED) is 0.475. The smallest absolute Gasteiger partial charge is 0.244 e. The zero-order valence-corrected chi connectivity index (χ0v) is 10.9. The van der Waals surface area contributed by atoms with Crippen LogP contribution in [0.3, 0.4) is 0 Å². The van der Waals surface area contributed by atoms with Crippen LogP contribution in [0.5, 0.6) is 11.5 Å². The number of nitrogens with one attached hydrogen (secondary N) is 1. The molecule has 5 nitrogen and oxygen atoms in total. The van der Waals surface area contributed by atoms with E-state index in [2.05, 4.69) is 5.43 Å². The maximum atomic E-state index is 11.9. The molecule has 98 valence electrons. The van der Waals surface area contributed by atoms with Crippen LogP contribution >= 0.6 is 0 Å². The number of carbonyl (C=O) groups excluding carboxylic acids is 1. The molecule has 0 heterocycles. The van der Waals surface area contributed by atoms with E-state index in [1.807, 2.05) is 19.1 Å². The fourth-order valence-electron chi connectivity index (χ4n) is 2.38. The Bertz CT molecular complexity index is 481. The van der Waals surface area contributed by atoms with Crippen molar-refractivity contribution in [3.63, 3.8) is 0 Å². The molecule has 1 fully saturated rings. The highest BCUT2D eigenvalue weighted by atomic mass is 16.5. The molecule has 1 amide bonds. The van der Waals surface area contributed by atoms with Gasteiger partial charge in [-0.05, 0) is 43.0 Å². The van der Waals surface area contributed by atoms with Gasteiger partial charge in [-0.25, -0.2) is 5.84 Å². The Morgan fingerprint density at radius 2 is 1.83 bits per heavy atom. The largest absolute Gasteiger partial charge is 0.493 e. The molecule has 0 atom stereocenters. The Balaban J connectivity index is 2.49. The lowest BCUT2D eigenvalue weighted by Crippen LogP contribution is -2.39. The summed E-state index contributed by atoms with van der Waals surface area (Å²) in [6.45, 7) is 1.96. The van der Waals surface area contributed by atoms with E-state index < -0.39 is 5.41 Å². The number of benzene rings is 1. The van der Waals surface area contributed by atoms with E-state index in [9.17, 15) is 4.79 Å². The highest BCUT2D eigenvalue weighted by Gasteiger charge is 2.52. The molecule has 5 heteroatoms. The van der Waals surface area contributed by atoms with Crippen molar-refractivity contribution in [1.82, 2.24) is 5.43 Å². The van der Waals surface area contributed by atoms with E-state index in [-0.39, 0.29) is 5.91 Å². The van der Waals surface area contributed by atoms with Crippen molar-refractivity contribution < 1.29 is 14.3 Å². The van der Waals surface area contributed by atoms with E-state index in [1.165, 1.54) is 0 Å². The maximum Gasteiger partial charge on any atom is 0.244 e. The SMILES string of the molecule is COc1cc(C)c(C2(C(=O)NN)CC2)cc1OC. The van der Waals surface area contributed by atoms with Crippen LogP contribution in [-0.4, -0.2) is 20.1 Å². The van der Waals surface area contributed by atoms with Crippen molar-refractivity contribution in [2.75, 3.05) is 14.2 Å². The molecule has 1 aromatic rings. The molecule has 1 aromatic carbocycles. The van der Waals surface area contributed by atoms with Crippen molar-refractivity contribution in [2.45, 2.75) is 25.2 Å². The van der Waals surface area contributed by atoms with Crippen molar-refractivity contribution in [1.29, 1.82) is 0 Å². The second-order valence-electron chi connectivity index (χ2n) is 4.58. The van der Waals surface area contributed by atoms with Crippen molar-refractivity contribution >= 4 is 5.91 Å². The minimum Gasteiger partial charge on any atom is -0.493 e. The summed E-state index contributed by atoms with van der Waals surface area (Å²) in [5.74, 6) is 6.42. The van der Waals surface area contributed by atoms with Crippen molar-refractivity contribution in [3.05, 3.63) is 23.3 Å². The number of methoxy groups -OCH3 is 2. The molecule has 0 saturated heterocycles. The summed E-state index contributed by atoms with van der Waals surface area (Å²) < 4.78 is 10.5. The molecule has 3 N–H and O–H groups in total. The van der Waals surface area contributed by atoms with E-state index in [4.69, 9.17) is 15.3 Å². The monoisotopic (exact) mass is 250 g/mol. The van der Waals surface area contributed by atoms with Crippen molar-refractivity contribution in [3.8, 4) is 11.5 Å². The lowest BCUT2D eigenvalue weighted by molar-refractivity contribution is -0.123. The maximum absolute atomic E-state index is 11.9. The van der Waals surface area contributed by atoms with Gasteiger partial charge in [-0.3, -0.25) is 10.2 Å². The second kappa shape index (κ2) is 4.49. The predicted molar refractivity (Wildman–Crippen MR) is 67.5 cm³/mol. The summed E-state index contributed by atoms with van der Waals surface area (Å²) in [6, 6.07) is 3.76. The van der Waals surface area contributed by atoms with Crippen molar-refractivity contribution in [2.24, 2.45) is 5.84 Å². The summed E-state index contributed by atoms with van der Waals surface area (Å²) in [6.07, 6.45) is 1.62. The summed E-state index contributed by atoms with van der Waals surface area (Å²) in [7, 11) is 3.18. The lowest BCUT2D eigenvalue weighted by atomic mass is 9.90. The molecule has 18 heavy (non-hydrogen) atoms. The third kappa shape index (κ3) is 1.80. The normalized spacial score (nSPS) is 16.0. The molecule has 0 aromatic heterocycles. The average molecular weight is 250 g/mol. The number of hydrogen-bond donors (Lipinski definition) is 2. The third-order valence-corrected chi connectivity index (χ3v) is 3.56. The van der Waals surface area contributed by atoms with E-state index in [1.54, 1.807) is 14.2 Å². The topological polar surface area (TPSA) is 73.6 Å². The molecule has 1 aliphatic rings. The Hall–Kier alpha value is -1.75. The Morgan fingerprint density at radius 3 is 2.28 bits per heavy atom. The van der Waals surface area contributed by atoms with Crippen LogP contribution in [0.15, 0.2) is 12.1 Å². The molecule has 0 spiro atoms. The van der Waals surface area contributed by atoms with Crippen LogP contribution in [0.4, 0.5) is 0 Å². The molecule has 1 saturated carbocycles. The standard InChI is InChI=1S/C13H18N2O3/c1-8-6-10(17-2)11(18-3)7-9(8)13(4-5-13)12(16)15-14/h6-7H,4-5,14H2,1-3H3,(H,15,16). The Morgan fingerprint density at radius 1 is 1.28 bits per heavy atom. The molecular weight excluding hydrogens is 232 g/mol. The van der Waals surface area contributed by atoms with Gasteiger partial charge in [-0.1, -0.05) is 0 Å². The van der Waals surface area contributed by atoms with Gasteiger partial charge in [0.15, 0.2) is 11.5 Å². The molecule has 0 bridgehead atoms. The van der Waals surface area contributed by atoms with Crippen LogP contribution in [0.1, 0.15) is 24.0 Å². The number of nitrogens with two attached hydrogens (primary N) is 1. The van der Waals surface area contributed by atoms with Gasteiger partial charge < -0.3 is 9.47 Å². The summed E-state index contributed by atoms with van der Waals surface area (Å²) in [5, 5.41) is 0. The van der Waals surface area contributed by atoms with Gasteiger partial charge in [0.1, 0.15) is 0 Å². The zero-order chi connectivity index (χ0) is 13.3. The second-order valence-corrected chi connectivity index (χ2v) is 4.58. The number of hydrogen-bond acceptors (Lipinski definition) is 4. The number of hydrazine groups is 1. The van der Waals surface area contributed by atoms with Crippen LogP contribution in [0, 0.1) is 6.92 Å². The van der Waals surface area contributed by atoms with Crippen LogP contribution in [0.25, 0.3) is 0 Å². The molecule has 1 aliphatic carbocycles.